The highest BCUT2D eigenvalue weighted by atomic mass is 35.5. The lowest BCUT2D eigenvalue weighted by molar-refractivity contribution is -0.174. The fourth-order valence-electron chi connectivity index (χ4n) is 1.64. The molecule has 1 heterocycles. The largest absolute Gasteiger partial charge is 0.411 e. The number of rotatable bonds is 5. The minimum atomic E-state index is -4.46. The Morgan fingerprint density at radius 2 is 2.18 bits per heavy atom. The molecule has 0 aliphatic rings. The summed E-state index contributed by atoms with van der Waals surface area (Å²) >= 11 is 6.08. The molecule has 0 radical (unpaired) electrons. The van der Waals surface area contributed by atoms with Gasteiger partial charge in [0.15, 0.2) is 0 Å². The second-order valence-electron chi connectivity index (χ2n) is 4.27. The Bertz CT molecular complexity index is 644. The van der Waals surface area contributed by atoms with Crippen molar-refractivity contribution in [2.45, 2.75) is 6.18 Å². The second kappa shape index (κ2) is 6.80. The zero-order valence-electron chi connectivity index (χ0n) is 11.1. The Kier molecular flexibility index (Phi) is 5.04. The Labute approximate surface area is 128 Å². The number of ether oxygens (including phenoxy) is 1. The molecule has 1 aromatic heterocycles. The van der Waals surface area contributed by atoms with Crippen LogP contribution < -0.4 is 5.32 Å². The monoisotopic (exact) mass is 333 g/mol. The van der Waals surface area contributed by atoms with Crippen molar-refractivity contribution in [3.8, 4) is 5.69 Å². The average Bonchev–Trinajstić information content (AvgIpc) is 2.91. The van der Waals surface area contributed by atoms with Crippen LogP contribution in [0.2, 0.25) is 5.02 Å². The summed E-state index contributed by atoms with van der Waals surface area (Å²) in [6.45, 7) is -2.17. The van der Waals surface area contributed by atoms with Crippen LogP contribution in [0.15, 0.2) is 36.7 Å². The van der Waals surface area contributed by atoms with E-state index in [1.807, 2.05) is 0 Å². The number of hydrogen-bond donors (Lipinski definition) is 1. The van der Waals surface area contributed by atoms with Crippen molar-refractivity contribution in [1.82, 2.24) is 9.78 Å². The molecule has 0 aliphatic carbocycles. The van der Waals surface area contributed by atoms with E-state index in [0.717, 1.165) is 0 Å². The van der Waals surface area contributed by atoms with Gasteiger partial charge in [-0.3, -0.25) is 4.79 Å². The van der Waals surface area contributed by atoms with Crippen molar-refractivity contribution in [2.75, 3.05) is 18.5 Å². The topological polar surface area (TPSA) is 56.1 Å². The van der Waals surface area contributed by atoms with E-state index in [0.29, 0.717) is 16.4 Å². The number of anilines is 1. The van der Waals surface area contributed by atoms with Crippen molar-refractivity contribution in [3.63, 3.8) is 0 Å². The van der Waals surface area contributed by atoms with E-state index in [4.69, 9.17) is 11.6 Å². The van der Waals surface area contributed by atoms with E-state index in [1.54, 1.807) is 35.3 Å². The third kappa shape index (κ3) is 4.74. The molecule has 0 spiro atoms. The molecule has 0 fully saturated rings. The van der Waals surface area contributed by atoms with Crippen molar-refractivity contribution < 1.29 is 22.7 Å². The summed E-state index contributed by atoms with van der Waals surface area (Å²) in [5.41, 5.74) is 0.958. The fourth-order valence-corrected chi connectivity index (χ4v) is 1.91. The normalized spacial score (nSPS) is 11.5. The molecule has 1 N–H and O–H groups in total. The number of nitrogens with one attached hydrogen (secondary N) is 1. The molecular formula is C13H11ClF3N3O2. The average molecular weight is 334 g/mol. The Balaban J connectivity index is 1.93. The van der Waals surface area contributed by atoms with Gasteiger partial charge in [0.05, 0.1) is 10.7 Å². The zero-order valence-corrected chi connectivity index (χ0v) is 11.9. The number of hydrogen-bond acceptors (Lipinski definition) is 3. The third-order valence-corrected chi connectivity index (χ3v) is 2.78. The molecule has 118 valence electrons. The highest BCUT2D eigenvalue weighted by Gasteiger charge is 2.27. The van der Waals surface area contributed by atoms with Gasteiger partial charge in [0, 0.05) is 18.1 Å². The van der Waals surface area contributed by atoms with Gasteiger partial charge in [0.25, 0.3) is 0 Å². The summed E-state index contributed by atoms with van der Waals surface area (Å²) in [6, 6.07) is 6.39. The Morgan fingerprint density at radius 3 is 2.77 bits per heavy atom. The SMILES string of the molecule is O=C(COCC(F)(F)F)Nc1ccc(-n2cccn2)c(Cl)c1. The van der Waals surface area contributed by atoms with E-state index in [-0.39, 0.29) is 0 Å². The molecule has 0 aliphatic heterocycles. The summed E-state index contributed by atoms with van der Waals surface area (Å²) in [4.78, 5) is 11.5. The number of carbonyl (C=O) groups excluding carboxylic acids is 1. The van der Waals surface area contributed by atoms with Crippen LogP contribution in [0.5, 0.6) is 0 Å². The maximum Gasteiger partial charge on any atom is 0.411 e. The van der Waals surface area contributed by atoms with Crippen LogP contribution in [0.25, 0.3) is 5.69 Å². The molecule has 0 saturated heterocycles. The maximum atomic E-state index is 11.9. The van der Waals surface area contributed by atoms with Crippen molar-refractivity contribution in [3.05, 3.63) is 41.7 Å². The standard InChI is InChI=1S/C13H11ClF3N3O2/c14-10-6-9(2-3-11(10)20-5-1-4-18-20)19-12(21)7-22-8-13(15,16)17/h1-6H,7-8H2,(H,19,21). The lowest BCUT2D eigenvalue weighted by Gasteiger charge is -2.10. The highest BCUT2D eigenvalue weighted by molar-refractivity contribution is 6.32. The van der Waals surface area contributed by atoms with E-state index >= 15 is 0 Å². The maximum absolute atomic E-state index is 11.9. The van der Waals surface area contributed by atoms with Gasteiger partial charge in [-0.2, -0.15) is 18.3 Å². The van der Waals surface area contributed by atoms with E-state index in [9.17, 15) is 18.0 Å². The number of amides is 1. The van der Waals surface area contributed by atoms with Crippen LogP contribution in [0, 0.1) is 0 Å². The summed E-state index contributed by atoms with van der Waals surface area (Å²) in [5, 5.41) is 6.75. The van der Waals surface area contributed by atoms with Crippen molar-refractivity contribution in [1.29, 1.82) is 0 Å². The molecule has 1 aromatic carbocycles. The number of halogens is 4. The molecule has 0 atom stereocenters. The number of benzene rings is 1. The molecule has 9 heteroatoms. The van der Waals surface area contributed by atoms with Crippen LogP contribution in [0.3, 0.4) is 0 Å². The van der Waals surface area contributed by atoms with Gasteiger partial charge in [-0.15, -0.1) is 0 Å². The molecule has 5 nitrogen and oxygen atoms in total. The zero-order chi connectivity index (χ0) is 16.2. The quantitative estimate of drug-likeness (QED) is 0.915. The lowest BCUT2D eigenvalue weighted by Crippen LogP contribution is -2.24. The molecule has 0 unspecified atom stereocenters. The van der Waals surface area contributed by atoms with Gasteiger partial charge < -0.3 is 10.1 Å². The highest BCUT2D eigenvalue weighted by Crippen LogP contribution is 2.23. The molecule has 0 saturated carbocycles. The van der Waals surface area contributed by atoms with E-state index in [2.05, 4.69) is 15.2 Å². The first-order valence-corrected chi connectivity index (χ1v) is 6.47. The second-order valence-corrected chi connectivity index (χ2v) is 4.68. The van der Waals surface area contributed by atoms with Crippen LogP contribution in [0.1, 0.15) is 0 Å². The third-order valence-electron chi connectivity index (χ3n) is 2.48. The summed E-state index contributed by atoms with van der Waals surface area (Å²) < 4.78 is 41.5. The first-order valence-electron chi connectivity index (χ1n) is 6.09. The fraction of sp³-hybridized carbons (Fsp3) is 0.231. The van der Waals surface area contributed by atoms with Gasteiger partial charge in [-0.25, -0.2) is 4.68 Å². The van der Waals surface area contributed by atoms with Crippen molar-refractivity contribution >= 4 is 23.2 Å². The first kappa shape index (κ1) is 16.3. The molecule has 1 amide bonds. The van der Waals surface area contributed by atoms with Gasteiger partial charge in [0.1, 0.15) is 13.2 Å². The molecule has 2 aromatic rings. The predicted molar refractivity (Wildman–Crippen MR) is 74.1 cm³/mol. The van der Waals surface area contributed by atoms with E-state index in [1.165, 1.54) is 6.07 Å². The smallest absolute Gasteiger partial charge is 0.362 e. The Hall–Kier alpha value is -2.06. The summed E-state index contributed by atoms with van der Waals surface area (Å²) in [7, 11) is 0. The van der Waals surface area contributed by atoms with Gasteiger partial charge in [-0.1, -0.05) is 11.6 Å². The number of alkyl halides is 3. The van der Waals surface area contributed by atoms with Crippen molar-refractivity contribution in [2.24, 2.45) is 0 Å². The van der Waals surface area contributed by atoms with Gasteiger partial charge in [0.2, 0.25) is 5.91 Å². The molecule has 22 heavy (non-hydrogen) atoms. The number of carbonyl (C=O) groups is 1. The lowest BCUT2D eigenvalue weighted by atomic mass is 10.2. The summed E-state index contributed by atoms with van der Waals surface area (Å²) in [6.07, 6.45) is -1.18. The molecule has 0 bridgehead atoms. The molecule has 2 rings (SSSR count). The summed E-state index contributed by atoms with van der Waals surface area (Å²) in [5.74, 6) is -0.702. The van der Waals surface area contributed by atoms with Crippen LogP contribution in [-0.2, 0) is 9.53 Å². The minimum Gasteiger partial charge on any atom is -0.362 e. The van der Waals surface area contributed by atoms with Crippen LogP contribution in [0.4, 0.5) is 18.9 Å². The predicted octanol–water partition coefficient (Wildman–Crippen LogP) is 3.04. The molecular weight excluding hydrogens is 323 g/mol. The number of aromatic nitrogens is 2. The van der Waals surface area contributed by atoms with Crippen LogP contribution in [-0.4, -0.2) is 35.1 Å². The first-order chi connectivity index (χ1) is 10.3. The van der Waals surface area contributed by atoms with E-state index < -0.39 is 25.3 Å². The Morgan fingerprint density at radius 1 is 1.41 bits per heavy atom. The van der Waals surface area contributed by atoms with Crippen LogP contribution >= 0.6 is 11.6 Å². The van der Waals surface area contributed by atoms with Gasteiger partial charge >= 0.3 is 6.18 Å². The van der Waals surface area contributed by atoms with Gasteiger partial charge in [-0.05, 0) is 24.3 Å². The minimum absolute atomic E-state index is 0.331. The number of nitrogens with zero attached hydrogens (tertiary/aromatic N) is 2.